The maximum absolute atomic E-state index is 12.7. The number of aliphatic hydroxyl groups is 1. The van der Waals surface area contributed by atoms with Crippen molar-refractivity contribution in [2.45, 2.75) is 167 Å². The number of esters is 1. The van der Waals surface area contributed by atoms with Gasteiger partial charge in [0.05, 0.1) is 6.10 Å². The summed E-state index contributed by atoms with van der Waals surface area (Å²) in [5, 5.41) is 21.2. The van der Waals surface area contributed by atoms with Crippen molar-refractivity contribution in [3.05, 3.63) is 29.3 Å². The van der Waals surface area contributed by atoms with E-state index in [1.807, 2.05) is 12.1 Å². The Morgan fingerprint density at radius 3 is 2.12 bits per heavy atom. The van der Waals surface area contributed by atoms with E-state index in [0.717, 1.165) is 44.9 Å². The van der Waals surface area contributed by atoms with E-state index in [-0.39, 0.29) is 17.5 Å². The Balaban J connectivity index is 1.08. The summed E-state index contributed by atoms with van der Waals surface area (Å²) in [7, 11) is 0. The van der Waals surface area contributed by atoms with Crippen molar-refractivity contribution in [1.29, 1.82) is 0 Å². The predicted molar refractivity (Wildman–Crippen MR) is 164 cm³/mol. The molecule has 1 aromatic rings. The summed E-state index contributed by atoms with van der Waals surface area (Å²) in [5.41, 5.74) is 2.50. The number of aliphatic hydroxyl groups excluding tert-OH is 1. The Morgan fingerprint density at radius 1 is 0.900 bits per heavy atom. The molecular formula is C36H58O4. The van der Waals surface area contributed by atoms with Gasteiger partial charge in [-0.1, -0.05) is 110 Å². The minimum absolute atomic E-state index is 0.123. The number of hydrogen-bond acceptors (Lipinski definition) is 4. The molecule has 0 amide bonds. The molecule has 2 fully saturated rings. The number of aromatic hydroxyl groups is 1. The molecule has 2 saturated carbocycles. The third-order valence-electron chi connectivity index (χ3n) is 10.9. The van der Waals surface area contributed by atoms with Gasteiger partial charge in [-0.2, -0.15) is 0 Å². The molecule has 0 bridgehead atoms. The number of carbonyl (C=O) groups is 1. The fourth-order valence-electron chi connectivity index (χ4n) is 8.51. The van der Waals surface area contributed by atoms with Crippen LogP contribution in [0.1, 0.15) is 159 Å². The highest BCUT2D eigenvalue weighted by Gasteiger charge is 2.59. The summed E-state index contributed by atoms with van der Waals surface area (Å²) >= 11 is 0. The molecule has 6 atom stereocenters. The van der Waals surface area contributed by atoms with Gasteiger partial charge in [-0.3, -0.25) is 4.79 Å². The quantitative estimate of drug-likeness (QED) is 0.149. The summed E-state index contributed by atoms with van der Waals surface area (Å²) < 4.78 is 5.94. The molecule has 4 rings (SSSR count). The van der Waals surface area contributed by atoms with Crippen LogP contribution >= 0.6 is 0 Å². The van der Waals surface area contributed by atoms with E-state index in [1.54, 1.807) is 0 Å². The van der Waals surface area contributed by atoms with Gasteiger partial charge >= 0.3 is 5.97 Å². The predicted octanol–water partition coefficient (Wildman–Crippen LogP) is 9.39. The van der Waals surface area contributed by atoms with Gasteiger partial charge in [0.1, 0.15) is 11.9 Å². The van der Waals surface area contributed by atoms with E-state index in [9.17, 15) is 15.0 Å². The number of aryl methyl sites for hydroxylation is 1. The molecule has 0 heterocycles. The average Bonchev–Trinajstić information content (AvgIpc) is 3.20. The maximum Gasteiger partial charge on any atom is 0.306 e. The van der Waals surface area contributed by atoms with Crippen molar-refractivity contribution in [2.24, 2.45) is 17.3 Å². The largest absolute Gasteiger partial charge is 0.508 e. The van der Waals surface area contributed by atoms with E-state index in [4.69, 9.17) is 4.74 Å². The zero-order valence-corrected chi connectivity index (χ0v) is 25.7. The first-order chi connectivity index (χ1) is 19.4. The Kier molecular flexibility index (Phi) is 12.3. The van der Waals surface area contributed by atoms with Crippen LogP contribution in [0.25, 0.3) is 0 Å². The summed E-state index contributed by atoms with van der Waals surface area (Å²) in [6.45, 7) is 4.51. The molecule has 4 nitrogen and oxygen atoms in total. The minimum Gasteiger partial charge on any atom is -0.508 e. The Labute approximate surface area is 244 Å². The monoisotopic (exact) mass is 554 g/mol. The molecule has 2 N–H and O–H groups in total. The van der Waals surface area contributed by atoms with Gasteiger partial charge in [-0.25, -0.2) is 0 Å². The topological polar surface area (TPSA) is 66.8 Å². The molecular weight excluding hydrogens is 496 g/mol. The highest BCUT2D eigenvalue weighted by molar-refractivity contribution is 5.69. The second-order valence-corrected chi connectivity index (χ2v) is 13.8. The lowest BCUT2D eigenvalue weighted by molar-refractivity contribution is -0.156. The van der Waals surface area contributed by atoms with Gasteiger partial charge in [0.2, 0.25) is 0 Å². The van der Waals surface area contributed by atoms with E-state index in [0.29, 0.717) is 29.9 Å². The van der Waals surface area contributed by atoms with E-state index in [1.165, 1.54) is 94.6 Å². The molecule has 1 aromatic carbocycles. The van der Waals surface area contributed by atoms with Gasteiger partial charge in [0.15, 0.2) is 0 Å². The zero-order valence-electron chi connectivity index (χ0n) is 25.7. The lowest BCUT2D eigenvalue weighted by atomic mass is 9.55. The zero-order chi connectivity index (χ0) is 28.4. The standard InChI is InChI=1S/C36H58O4/c1-3-4-5-6-7-8-9-10-11-12-13-14-15-16-17-18-34(38)40-33-26-32-31-21-19-27-25-28(37)20-22-29(27)30(31)23-24-36(32,2)35(33)39/h20,22,25,30-33,35,37,39H,3-19,21,23-24,26H2,1-2H3/t30-,31-,32+,33-,35+,36+/m1/s1. The molecule has 226 valence electrons. The Hall–Kier alpha value is -1.55. The maximum atomic E-state index is 12.7. The van der Waals surface area contributed by atoms with Gasteiger partial charge in [0.25, 0.3) is 0 Å². The second-order valence-electron chi connectivity index (χ2n) is 13.8. The van der Waals surface area contributed by atoms with Crippen LogP contribution in [-0.4, -0.2) is 28.4 Å². The summed E-state index contributed by atoms with van der Waals surface area (Å²) in [5.74, 6) is 1.62. The molecule has 3 aliphatic rings. The number of fused-ring (bicyclic) bond motifs is 5. The number of carbonyl (C=O) groups excluding carboxylic acids is 1. The highest BCUT2D eigenvalue weighted by Crippen LogP contribution is 2.61. The fraction of sp³-hybridized carbons (Fsp3) is 0.806. The SMILES string of the molecule is CCCCCCCCCCCCCCCCCC(=O)O[C@@H]1C[C@H]2[C@@H]3CCc4cc(O)ccc4[C@H]3CC[C@]2(C)[C@H]1O. The minimum atomic E-state index is -0.565. The molecule has 0 aliphatic heterocycles. The molecule has 0 saturated heterocycles. The van der Waals surface area contributed by atoms with Gasteiger partial charge in [-0.05, 0) is 79.5 Å². The highest BCUT2D eigenvalue weighted by atomic mass is 16.6. The number of rotatable bonds is 17. The molecule has 0 radical (unpaired) electrons. The van der Waals surface area contributed by atoms with Crippen molar-refractivity contribution in [3.63, 3.8) is 0 Å². The first-order valence-corrected chi connectivity index (χ1v) is 17.1. The average molecular weight is 555 g/mol. The normalized spacial score (nSPS) is 29.0. The molecule has 4 heteroatoms. The number of benzene rings is 1. The van der Waals surface area contributed by atoms with Crippen LogP contribution in [0.5, 0.6) is 5.75 Å². The first kappa shape index (κ1) is 31.4. The summed E-state index contributed by atoms with van der Waals surface area (Å²) in [6, 6.07) is 5.87. The van der Waals surface area contributed by atoms with Crippen LogP contribution in [0.3, 0.4) is 0 Å². The molecule has 0 spiro atoms. The number of hydrogen-bond donors (Lipinski definition) is 2. The lowest BCUT2D eigenvalue weighted by Crippen LogP contribution is -2.45. The molecule has 0 aromatic heterocycles. The van der Waals surface area contributed by atoms with Gasteiger partial charge in [0, 0.05) is 11.8 Å². The number of unbranched alkanes of at least 4 members (excludes halogenated alkanes) is 14. The van der Waals surface area contributed by atoms with Gasteiger partial charge in [-0.15, -0.1) is 0 Å². The van der Waals surface area contributed by atoms with Crippen LogP contribution in [-0.2, 0) is 16.0 Å². The summed E-state index contributed by atoms with van der Waals surface area (Å²) in [6.07, 6.45) is 24.2. The summed E-state index contributed by atoms with van der Waals surface area (Å²) in [4.78, 5) is 12.7. The first-order valence-electron chi connectivity index (χ1n) is 17.1. The van der Waals surface area contributed by atoms with Crippen molar-refractivity contribution in [1.82, 2.24) is 0 Å². The van der Waals surface area contributed by atoms with Crippen molar-refractivity contribution in [3.8, 4) is 5.75 Å². The van der Waals surface area contributed by atoms with Crippen LogP contribution < -0.4 is 0 Å². The van der Waals surface area contributed by atoms with Crippen molar-refractivity contribution in [2.75, 3.05) is 0 Å². The van der Waals surface area contributed by atoms with E-state index < -0.39 is 6.10 Å². The van der Waals surface area contributed by atoms with Crippen LogP contribution in [0.15, 0.2) is 18.2 Å². The molecule has 40 heavy (non-hydrogen) atoms. The number of phenols is 1. The third-order valence-corrected chi connectivity index (χ3v) is 10.9. The van der Waals surface area contributed by atoms with Crippen LogP contribution in [0, 0.1) is 17.3 Å². The van der Waals surface area contributed by atoms with Crippen LogP contribution in [0.2, 0.25) is 0 Å². The van der Waals surface area contributed by atoms with Crippen molar-refractivity contribution < 1.29 is 19.7 Å². The van der Waals surface area contributed by atoms with Gasteiger partial charge < -0.3 is 14.9 Å². The Morgan fingerprint density at radius 2 is 1.50 bits per heavy atom. The van der Waals surface area contributed by atoms with E-state index in [2.05, 4.69) is 19.9 Å². The smallest absolute Gasteiger partial charge is 0.306 e. The van der Waals surface area contributed by atoms with Crippen molar-refractivity contribution >= 4 is 5.97 Å². The number of phenolic OH excluding ortho intramolecular Hbond substituents is 1. The molecule has 3 aliphatic carbocycles. The lowest BCUT2D eigenvalue weighted by Gasteiger charge is -2.49. The second kappa shape index (κ2) is 15.6. The number of ether oxygens (including phenoxy) is 1. The molecule has 0 unspecified atom stereocenters. The van der Waals surface area contributed by atoms with E-state index >= 15 is 0 Å². The van der Waals surface area contributed by atoms with Crippen LogP contribution in [0.4, 0.5) is 0 Å². The fourth-order valence-corrected chi connectivity index (χ4v) is 8.51. The Bertz CT molecular complexity index is 912. The third kappa shape index (κ3) is 8.05.